The van der Waals surface area contributed by atoms with E-state index < -0.39 is 0 Å². The second-order valence-electron chi connectivity index (χ2n) is 17.4. The van der Waals surface area contributed by atoms with Crippen molar-refractivity contribution in [3.05, 3.63) is 171 Å². The summed E-state index contributed by atoms with van der Waals surface area (Å²) in [4.78, 5) is 19.9. The van der Waals surface area contributed by atoms with Gasteiger partial charge in [-0.2, -0.15) is 0 Å². The van der Waals surface area contributed by atoms with E-state index in [-0.39, 0.29) is 13.4 Å². The molecule has 0 aliphatic carbocycles. The fourth-order valence-corrected chi connectivity index (χ4v) is 15.3. The Bertz CT molecular complexity index is 3690. The highest BCUT2D eigenvalue weighted by atomic mass is 32.2. The number of aryl methyl sites for hydroxylation is 2. The summed E-state index contributed by atoms with van der Waals surface area (Å²) < 4.78 is 14.8. The Kier molecular flexibility index (Phi) is 8.29. The molecule has 15 rings (SSSR count). The fourth-order valence-electron chi connectivity index (χ4n) is 10.6. The van der Waals surface area contributed by atoms with E-state index in [1.807, 2.05) is 101 Å². The molecule has 67 heavy (non-hydrogen) atoms. The van der Waals surface area contributed by atoms with Gasteiger partial charge in [0, 0.05) is 62.7 Å². The lowest BCUT2D eigenvalue weighted by Crippen LogP contribution is -2.58. The average molecular weight is 931 g/mol. The number of pyridine rings is 2. The van der Waals surface area contributed by atoms with Gasteiger partial charge in [-0.1, -0.05) is 166 Å². The number of hydrogen-bond donors (Lipinski definition) is 0. The lowest BCUT2D eigenvalue weighted by Gasteiger charge is -2.33. The summed E-state index contributed by atoms with van der Waals surface area (Å²) in [5.41, 5.74) is 17.2. The minimum atomic E-state index is 0.0627. The smallest absolute Gasteiger partial charge is 0.246 e. The fraction of sp³-hybridized carbons (Fsp3) is 0.0370. The van der Waals surface area contributed by atoms with E-state index in [9.17, 15) is 0 Å². The second kappa shape index (κ2) is 14.4. The Morgan fingerprint density at radius 2 is 0.910 bits per heavy atom. The first-order valence-corrected chi connectivity index (χ1v) is 25.4. The Balaban J connectivity index is 0.818. The van der Waals surface area contributed by atoms with Gasteiger partial charge in [0.15, 0.2) is 0 Å². The minimum Gasteiger partial charge on any atom is -0.464 e. The van der Waals surface area contributed by atoms with E-state index in [4.69, 9.17) is 14.4 Å². The highest BCUT2D eigenvalue weighted by Crippen LogP contribution is 2.42. The van der Waals surface area contributed by atoms with Crippen LogP contribution in [0.4, 0.5) is 0 Å². The van der Waals surface area contributed by atoms with Crippen LogP contribution in [0, 0.1) is 12.7 Å². The van der Waals surface area contributed by atoms with Crippen molar-refractivity contribution in [3.63, 3.8) is 0 Å². The van der Waals surface area contributed by atoms with E-state index in [1.165, 1.54) is 71.9 Å². The van der Waals surface area contributed by atoms with E-state index in [2.05, 4.69) is 149 Å². The molecular weight excluding hydrogens is 899 g/mol. The quantitative estimate of drug-likeness (QED) is 0.104. The molecule has 0 unspecified atom stereocenters. The molecule has 0 atom stereocenters. The summed E-state index contributed by atoms with van der Waals surface area (Å²) in [6.45, 7) is 0.136. The van der Waals surface area contributed by atoms with Crippen LogP contribution < -0.4 is 41.9 Å². The SMILES string of the molecule is C[n+]1[c-]n(-c2ccc3c(c2)B2c4cc(-c5coc(-c6ccc7c(c6)B6c8cc(-n9[c-][n+](C)c%10cccnc%109)ccc8Sc8cccc(c86)S7)c5)ccc4Sc4cccc(c42)S3)c2ncccc21. The molecule has 4 aliphatic rings. The molecule has 6 aromatic carbocycles. The Hall–Kier alpha value is -6.63. The zero-order valence-electron chi connectivity index (χ0n) is 35.9. The zero-order valence-corrected chi connectivity index (χ0v) is 39.2. The molecule has 0 bridgehead atoms. The Morgan fingerprint density at radius 1 is 0.463 bits per heavy atom. The van der Waals surface area contributed by atoms with E-state index in [0.717, 1.165) is 56.2 Å². The summed E-state index contributed by atoms with van der Waals surface area (Å²) in [7, 11) is 4.06. The molecule has 0 amide bonds. The van der Waals surface area contributed by atoms with Crippen molar-refractivity contribution in [2.45, 2.75) is 39.2 Å². The van der Waals surface area contributed by atoms with Gasteiger partial charge in [0.1, 0.15) is 17.1 Å². The molecule has 0 N–H and O–H groups in total. The summed E-state index contributed by atoms with van der Waals surface area (Å²) in [6.07, 6.45) is 12.7. The van der Waals surface area contributed by atoms with Crippen molar-refractivity contribution in [3.8, 4) is 33.8 Å². The topological polar surface area (TPSA) is 56.5 Å². The maximum Gasteiger partial charge on any atom is 0.246 e. The second-order valence-corrected chi connectivity index (χ2v) is 21.8. The van der Waals surface area contributed by atoms with Crippen molar-refractivity contribution >= 4 is 116 Å². The third-order valence-electron chi connectivity index (χ3n) is 13.7. The van der Waals surface area contributed by atoms with Gasteiger partial charge in [-0.25, -0.2) is 0 Å². The first-order chi connectivity index (χ1) is 33.0. The van der Waals surface area contributed by atoms with Gasteiger partial charge in [-0.3, -0.25) is 9.97 Å². The molecule has 314 valence electrons. The molecule has 0 spiro atoms. The van der Waals surface area contributed by atoms with Crippen LogP contribution >= 0.6 is 47.0 Å². The van der Waals surface area contributed by atoms with Crippen molar-refractivity contribution in [1.82, 2.24) is 19.1 Å². The van der Waals surface area contributed by atoms with E-state index in [1.54, 1.807) is 0 Å². The first-order valence-electron chi connectivity index (χ1n) is 22.1. The zero-order chi connectivity index (χ0) is 44.1. The first kappa shape index (κ1) is 38.5. The lowest BCUT2D eigenvalue weighted by molar-refractivity contribution is -0.649. The third-order valence-corrected chi connectivity index (χ3v) is 18.3. The minimum absolute atomic E-state index is 0.0627. The van der Waals surface area contributed by atoms with Crippen LogP contribution in [0.3, 0.4) is 0 Å². The van der Waals surface area contributed by atoms with Crippen LogP contribution in [-0.2, 0) is 14.1 Å². The standard InChI is InChI=1S/C54H32B2N6OS4/c1-59-29-61(53-40(59)7-5-21-57-53)34-15-19-45-38(26-34)55-36-23-31(13-17-43(36)64-47-9-3-11-49(66-45)51(47)55)33-25-42(63-28-33)32-14-18-44-37(24-32)56-39-27-35(62-30-60(2)41-8-6-22-58-54(41)62)16-20-46(39)67-50-12-4-10-48(65-44)52(50)56/h3-28H,1-2H3. The van der Waals surface area contributed by atoms with E-state index in [0.29, 0.717) is 0 Å². The summed E-state index contributed by atoms with van der Waals surface area (Å²) in [5.74, 6) is 0.855. The van der Waals surface area contributed by atoms with Crippen LogP contribution in [-0.4, -0.2) is 32.5 Å². The maximum atomic E-state index is 6.55. The molecule has 0 saturated carbocycles. The molecule has 0 fully saturated rings. The van der Waals surface area contributed by atoms with Crippen molar-refractivity contribution in [2.24, 2.45) is 14.1 Å². The highest BCUT2D eigenvalue weighted by molar-refractivity contribution is 8.02. The summed E-state index contributed by atoms with van der Waals surface area (Å²) in [6, 6.07) is 51.4. The highest BCUT2D eigenvalue weighted by Gasteiger charge is 2.40. The number of imidazole rings is 2. The number of furan rings is 1. The normalized spacial score (nSPS) is 13.8. The van der Waals surface area contributed by atoms with Crippen molar-refractivity contribution in [2.75, 3.05) is 0 Å². The molecule has 7 nitrogen and oxygen atoms in total. The third kappa shape index (κ3) is 5.75. The Morgan fingerprint density at radius 3 is 1.42 bits per heavy atom. The van der Waals surface area contributed by atoms with Crippen molar-refractivity contribution < 1.29 is 13.6 Å². The molecule has 0 saturated heterocycles. The van der Waals surface area contributed by atoms with Gasteiger partial charge in [0.25, 0.3) is 0 Å². The number of hydrogen-bond acceptors (Lipinski definition) is 7. The lowest BCUT2D eigenvalue weighted by atomic mass is 9.36. The summed E-state index contributed by atoms with van der Waals surface area (Å²) >= 11 is 7.48. The van der Waals surface area contributed by atoms with Gasteiger partial charge in [0.2, 0.25) is 26.1 Å². The number of benzene rings is 6. The predicted molar refractivity (Wildman–Crippen MR) is 270 cm³/mol. The monoisotopic (exact) mass is 930 g/mol. The number of nitrogens with zero attached hydrogens (tertiary/aromatic N) is 6. The average Bonchev–Trinajstić information content (AvgIpc) is 4.09. The molecule has 4 aliphatic heterocycles. The number of aromatic nitrogens is 6. The van der Waals surface area contributed by atoms with Gasteiger partial charge in [0.05, 0.1) is 42.8 Å². The van der Waals surface area contributed by atoms with Gasteiger partial charge in [-0.15, -0.1) is 0 Å². The summed E-state index contributed by atoms with van der Waals surface area (Å²) in [5, 5.41) is 0. The number of rotatable bonds is 4. The van der Waals surface area contributed by atoms with Crippen molar-refractivity contribution in [1.29, 1.82) is 0 Å². The van der Waals surface area contributed by atoms with Crippen LogP contribution in [0.5, 0.6) is 0 Å². The van der Waals surface area contributed by atoms with Crippen LogP contribution in [0.15, 0.2) is 202 Å². The number of fused-ring (bicyclic) bond motifs is 10. The van der Waals surface area contributed by atoms with E-state index >= 15 is 0 Å². The van der Waals surface area contributed by atoms with Crippen LogP contribution in [0.25, 0.3) is 56.2 Å². The molecule has 11 aromatic rings. The van der Waals surface area contributed by atoms with Crippen LogP contribution in [0.2, 0.25) is 0 Å². The molecule has 13 heteroatoms. The molecular formula is C54H32B2N6OS4. The maximum absolute atomic E-state index is 6.55. The van der Waals surface area contributed by atoms with Gasteiger partial charge in [-0.05, 0) is 59.0 Å². The molecule has 9 heterocycles. The van der Waals surface area contributed by atoms with Crippen LogP contribution in [0.1, 0.15) is 0 Å². The largest absolute Gasteiger partial charge is 0.464 e. The van der Waals surface area contributed by atoms with Gasteiger partial charge < -0.3 is 22.7 Å². The molecule has 5 aromatic heterocycles. The Labute approximate surface area is 403 Å². The predicted octanol–water partition coefficient (Wildman–Crippen LogP) is 7.43. The molecule has 0 radical (unpaired) electrons. The van der Waals surface area contributed by atoms with Gasteiger partial charge >= 0.3 is 0 Å².